The highest BCUT2D eigenvalue weighted by Crippen LogP contribution is 2.29. The smallest absolute Gasteiger partial charge is 0.186 e. The Morgan fingerprint density at radius 1 is 0.892 bits per heavy atom. The maximum absolute atomic E-state index is 6.14. The van der Waals surface area contributed by atoms with Crippen LogP contribution in [0.3, 0.4) is 0 Å². The van der Waals surface area contributed by atoms with E-state index in [0.29, 0.717) is 29.8 Å². The van der Waals surface area contributed by atoms with E-state index >= 15 is 0 Å². The third-order valence-electron chi connectivity index (χ3n) is 5.86. The third kappa shape index (κ3) is 9.49. The summed E-state index contributed by atoms with van der Waals surface area (Å²) >= 11 is 5.35. The second-order valence-electron chi connectivity index (χ2n) is 8.69. The normalized spacial score (nSPS) is 13.8. The molecule has 0 radical (unpaired) electrons. The van der Waals surface area contributed by atoms with Gasteiger partial charge in [-0.1, -0.05) is 60.7 Å². The van der Waals surface area contributed by atoms with Crippen molar-refractivity contribution in [3.8, 4) is 11.5 Å². The number of ether oxygens (including phenoxy) is 3. The average molecular weight is 519 g/mol. The first-order valence-electron chi connectivity index (χ1n) is 12.6. The number of hydrogen-bond donors (Lipinski definition) is 2. The summed E-state index contributed by atoms with van der Waals surface area (Å²) in [4.78, 5) is 2.41. The van der Waals surface area contributed by atoms with Crippen molar-refractivity contribution in [1.82, 2.24) is 15.6 Å². The maximum Gasteiger partial charge on any atom is 0.186 e. The van der Waals surface area contributed by atoms with Crippen molar-refractivity contribution < 1.29 is 14.2 Å². The van der Waals surface area contributed by atoms with Crippen LogP contribution < -0.4 is 20.2 Å². The molecule has 7 nitrogen and oxygen atoms in total. The van der Waals surface area contributed by atoms with Gasteiger partial charge < -0.3 is 19.5 Å². The zero-order valence-corrected chi connectivity index (χ0v) is 21.8. The van der Waals surface area contributed by atoms with Crippen LogP contribution in [0.25, 0.3) is 0 Å². The number of morpholine rings is 1. The topological polar surface area (TPSA) is 67.4 Å². The summed E-state index contributed by atoms with van der Waals surface area (Å²) < 4.78 is 17.6. The van der Waals surface area contributed by atoms with E-state index in [2.05, 4.69) is 20.7 Å². The number of rotatable bonds is 12. The van der Waals surface area contributed by atoms with Crippen molar-refractivity contribution in [2.75, 3.05) is 39.4 Å². The van der Waals surface area contributed by atoms with E-state index in [-0.39, 0.29) is 0 Å². The molecular formula is C29H34N4O3S. The molecule has 0 atom stereocenters. The zero-order valence-electron chi connectivity index (χ0n) is 21.0. The highest BCUT2D eigenvalue weighted by atomic mass is 32.1. The molecule has 194 valence electrons. The first kappa shape index (κ1) is 26.6. The van der Waals surface area contributed by atoms with Gasteiger partial charge in [0.05, 0.1) is 19.4 Å². The predicted octanol–water partition coefficient (Wildman–Crippen LogP) is 4.36. The molecule has 1 aliphatic heterocycles. The molecule has 1 aliphatic rings. The summed E-state index contributed by atoms with van der Waals surface area (Å²) in [5.74, 6) is 1.34. The van der Waals surface area contributed by atoms with Crippen LogP contribution in [0.5, 0.6) is 11.5 Å². The average Bonchev–Trinajstić information content (AvgIpc) is 2.95. The number of benzene rings is 3. The minimum absolute atomic E-state index is 0.444. The fraction of sp³-hybridized carbons (Fsp3) is 0.310. The Labute approximate surface area is 224 Å². The lowest BCUT2D eigenvalue weighted by Crippen LogP contribution is -2.39. The van der Waals surface area contributed by atoms with E-state index in [1.807, 2.05) is 78.9 Å². The summed E-state index contributed by atoms with van der Waals surface area (Å²) in [5.41, 5.74) is 5.95. The van der Waals surface area contributed by atoms with Crippen molar-refractivity contribution in [3.05, 3.63) is 95.6 Å². The molecule has 8 heteroatoms. The second kappa shape index (κ2) is 14.9. The molecule has 0 aromatic heterocycles. The number of nitrogens with zero attached hydrogens (tertiary/aromatic N) is 2. The molecule has 1 fully saturated rings. The summed E-state index contributed by atoms with van der Waals surface area (Å²) in [7, 11) is 0. The van der Waals surface area contributed by atoms with Gasteiger partial charge in [0.15, 0.2) is 16.6 Å². The van der Waals surface area contributed by atoms with Gasteiger partial charge in [0.2, 0.25) is 0 Å². The second-order valence-corrected chi connectivity index (χ2v) is 9.10. The van der Waals surface area contributed by atoms with E-state index in [9.17, 15) is 0 Å². The fourth-order valence-corrected chi connectivity index (χ4v) is 4.00. The Morgan fingerprint density at radius 3 is 2.22 bits per heavy atom. The Kier molecular flexibility index (Phi) is 10.7. The highest BCUT2D eigenvalue weighted by molar-refractivity contribution is 7.80. The fourth-order valence-electron chi connectivity index (χ4n) is 3.84. The number of hydrazone groups is 1. The summed E-state index contributed by atoms with van der Waals surface area (Å²) in [6.07, 6.45) is 2.73. The maximum atomic E-state index is 6.14. The molecule has 0 spiro atoms. The van der Waals surface area contributed by atoms with E-state index in [4.69, 9.17) is 26.4 Å². The molecule has 0 amide bonds. The van der Waals surface area contributed by atoms with Crippen LogP contribution in [-0.4, -0.2) is 55.6 Å². The first-order valence-corrected chi connectivity index (χ1v) is 13.0. The molecule has 1 heterocycles. The van der Waals surface area contributed by atoms with Crippen LogP contribution in [-0.2, 0) is 18.0 Å². The summed E-state index contributed by atoms with van der Waals surface area (Å²) in [5, 5.41) is 8.00. The Morgan fingerprint density at radius 2 is 1.54 bits per heavy atom. The van der Waals surface area contributed by atoms with Crippen LogP contribution in [0.1, 0.15) is 23.1 Å². The van der Waals surface area contributed by atoms with Crippen LogP contribution in [0, 0.1) is 0 Å². The molecule has 0 saturated carbocycles. The standard InChI is InChI=1S/C29H34N4O3S/c37-29(30-14-7-15-33-16-18-34-19-17-33)32-31-21-26-12-13-27(35-22-24-8-3-1-4-9-24)28(20-26)36-23-25-10-5-2-6-11-25/h1-6,8-13,20-21H,7,14-19,22-23H2,(H2,30,32,37). The van der Waals surface area contributed by atoms with Crippen molar-refractivity contribution in [2.45, 2.75) is 19.6 Å². The van der Waals surface area contributed by atoms with Crippen molar-refractivity contribution in [2.24, 2.45) is 5.10 Å². The molecule has 1 saturated heterocycles. The van der Waals surface area contributed by atoms with Gasteiger partial charge in [-0.2, -0.15) is 5.10 Å². The first-order chi connectivity index (χ1) is 18.3. The number of nitrogens with one attached hydrogen (secondary N) is 2. The van der Waals surface area contributed by atoms with Gasteiger partial charge in [0, 0.05) is 19.6 Å². The van der Waals surface area contributed by atoms with Gasteiger partial charge >= 0.3 is 0 Å². The number of hydrogen-bond acceptors (Lipinski definition) is 6. The van der Waals surface area contributed by atoms with E-state index in [1.54, 1.807) is 6.21 Å². The lowest BCUT2D eigenvalue weighted by atomic mass is 10.2. The number of thiocarbonyl (C=S) groups is 1. The van der Waals surface area contributed by atoms with Gasteiger partial charge in [-0.25, -0.2) is 0 Å². The van der Waals surface area contributed by atoms with Crippen LogP contribution in [0.15, 0.2) is 84.0 Å². The van der Waals surface area contributed by atoms with Gasteiger partial charge in [0.1, 0.15) is 13.2 Å². The summed E-state index contributed by atoms with van der Waals surface area (Å²) in [6, 6.07) is 25.9. The van der Waals surface area contributed by atoms with E-state index in [1.165, 1.54) is 0 Å². The Hall–Kier alpha value is -3.46. The van der Waals surface area contributed by atoms with Gasteiger partial charge in [0.25, 0.3) is 0 Å². The molecular weight excluding hydrogens is 484 g/mol. The minimum atomic E-state index is 0.444. The van der Waals surface area contributed by atoms with Crippen LogP contribution in [0.4, 0.5) is 0 Å². The minimum Gasteiger partial charge on any atom is -0.485 e. The van der Waals surface area contributed by atoms with Crippen molar-refractivity contribution in [3.63, 3.8) is 0 Å². The predicted molar refractivity (Wildman–Crippen MR) is 151 cm³/mol. The molecule has 3 aromatic carbocycles. The van der Waals surface area contributed by atoms with E-state index < -0.39 is 0 Å². The quantitative estimate of drug-likeness (QED) is 0.160. The molecule has 37 heavy (non-hydrogen) atoms. The van der Waals surface area contributed by atoms with Crippen LogP contribution >= 0.6 is 12.2 Å². The zero-order chi connectivity index (χ0) is 25.5. The Bertz CT molecular complexity index is 1120. The van der Waals surface area contributed by atoms with E-state index in [0.717, 1.165) is 62.5 Å². The molecule has 0 aliphatic carbocycles. The Balaban J connectivity index is 1.29. The molecule has 4 rings (SSSR count). The molecule has 0 bridgehead atoms. The monoisotopic (exact) mass is 518 g/mol. The van der Waals surface area contributed by atoms with Gasteiger partial charge in [-0.15, -0.1) is 0 Å². The molecule has 0 unspecified atom stereocenters. The van der Waals surface area contributed by atoms with Crippen LogP contribution in [0.2, 0.25) is 0 Å². The van der Waals surface area contributed by atoms with Crippen molar-refractivity contribution in [1.29, 1.82) is 0 Å². The SMILES string of the molecule is S=C(NCCCN1CCOCC1)NN=Cc1ccc(OCc2ccccc2)c(OCc2ccccc2)c1. The largest absolute Gasteiger partial charge is 0.485 e. The van der Waals surface area contributed by atoms with Gasteiger partial charge in [-0.05, 0) is 60.1 Å². The third-order valence-corrected chi connectivity index (χ3v) is 6.10. The summed E-state index contributed by atoms with van der Waals surface area (Å²) in [6.45, 7) is 6.38. The lowest BCUT2D eigenvalue weighted by molar-refractivity contribution is 0.0376. The highest BCUT2D eigenvalue weighted by Gasteiger charge is 2.10. The molecule has 3 aromatic rings. The van der Waals surface area contributed by atoms with Gasteiger partial charge in [-0.3, -0.25) is 10.3 Å². The van der Waals surface area contributed by atoms with Crippen molar-refractivity contribution >= 4 is 23.5 Å². The lowest BCUT2D eigenvalue weighted by Gasteiger charge is -2.26. The molecule has 2 N–H and O–H groups in total.